The van der Waals surface area contributed by atoms with Crippen LogP contribution in [0.15, 0.2) is 0 Å². The molecule has 0 rings (SSSR count). The van der Waals surface area contributed by atoms with Gasteiger partial charge in [-0.05, 0) is 19.3 Å². The van der Waals surface area contributed by atoms with Gasteiger partial charge in [0.2, 0.25) is 0 Å². The summed E-state index contributed by atoms with van der Waals surface area (Å²) in [4.78, 5) is 30.7. The molecule has 0 aromatic carbocycles. The van der Waals surface area contributed by atoms with Crippen LogP contribution in [0, 0.1) is 0 Å². The minimum atomic E-state index is -1.17. The molecule has 7 nitrogen and oxygen atoms in total. The maximum Gasteiger partial charge on any atom is 0.332 e. The second kappa shape index (κ2) is 32.6. The molecule has 0 aliphatic carbocycles. The average molecular weight is 559 g/mol. The van der Waals surface area contributed by atoms with Crippen molar-refractivity contribution in [3.8, 4) is 0 Å². The van der Waals surface area contributed by atoms with Gasteiger partial charge in [-0.25, -0.2) is 4.79 Å². The summed E-state index contributed by atoms with van der Waals surface area (Å²) in [7, 11) is 0. The molecule has 0 aromatic rings. The molecule has 7 heteroatoms. The Morgan fingerprint density at radius 2 is 0.692 bits per heavy atom. The molecule has 232 valence electrons. The monoisotopic (exact) mass is 558 g/mol. The van der Waals surface area contributed by atoms with E-state index in [1.807, 2.05) is 0 Å². The molecule has 1 unspecified atom stereocenters. The highest BCUT2D eigenvalue weighted by molar-refractivity contribution is 5.71. The number of carbonyl (C=O) groups is 3. The highest BCUT2D eigenvalue weighted by atomic mass is 16.4. The van der Waals surface area contributed by atoms with E-state index in [2.05, 4.69) is 6.92 Å². The number of hydrogen-bond acceptors (Lipinski definition) is 4. The largest absolute Gasteiger partial charge is 0.481 e. The zero-order valence-electron chi connectivity index (χ0n) is 25.2. The first-order valence-corrected chi connectivity index (χ1v) is 16.2. The Balaban J connectivity index is 0. The number of aliphatic carboxylic acids is 3. The summed E-state index contributed by atoms with van der Waals surface area (Å²) in [6, 6.07) is 0. The molecule has 0 aliphatic rings. The van der Waals surface area contributed by atoms with E-state index in [-0.39, 0.29) is 12.8 Å². The normalized spacial score (nSPS) is 11.5. The third kappa shape index (κ3) is 38.6. The Hall–Kier alpha value is -1.63. The van der Waals surface area contributed by atoms with E-state index in [4.69, 9.17) is 15.3 Å². The fourth-order valence-electron chi connectivity index (χ4n) is 4.62. The Bertz CT molecular complexity index is 533. The summed E-state index contributed by atoms with van der Waals surface area (Å²) in [5.41, 5.74) is 0. The molecule has 0 aromatic heterocycles. The predicted molar refractivity (Wildman–Crippen MR) is 159 cm³/mol. The van der Waals surface area contributed by atoms with E-state index in [0.717, 1.165) is 32.1 Å². The third-order valence-electron chi connectivity index (χ3n) is 7.15. The van der Waals surface area contributed by atoms with Crippen LogP contribution in [0.25, 0.3) is 0 Å². The van der Waals surface area contributed by atoms with Crippen LogP contribution in [0.4, 0.5) is 0 Å². The minimum absolute atomic E-state index is 0.221. The quantitative estimate of drug-likeness (QED) is 0.0673. The highest BCUT2D eigenvalue weighted by Crippen LogP contribution is 2.15. The molecular formula is C32H62O7. The Morgan fingerprint density at radius 1 is 0.436 bits per heavy atom. The first-order valence-electron chi connectivity index (χ1n) is 16.2. The van der Waals surface area contributed by atoms with Crippen LogP contribution < -0.4 is 0 Å². The second-order valence-corrected chi connectivity index (χ2v) is 11.1. The van der Waals surface area contributed by atoms with Crippen molar-refractivity contribution in [2.45, 2.75) is 186 Å². The predicted octanol–water partition coefficient (Wildman–Crippen LogP) is 9.14. The van der Waals surface area contributed by atoms with Gasteiger partial charge < -0.3 is 20.4 Å². The summed E-state index contributed by atoms with van der Waals surface area (Å²) >= 11 is 0. The van der Waals surface area contributed by atoms with Gasteiger partial charge in [0.25, 0.3) is 0 Å². The van der Waals surface area contributed by atoms with Gasteiger partial charge in [0, 0.05) is 12.8 Å². The minimum Gasteiger partial charge on any atom is -0.481 e. The molecule has 0 aliphatic heterocycles. The van der Waals surface area contributed by atoms with Crippen LogP contribution in [-0.2, 0) is 14.4 Å². The first kappa shape index (κ1) is 39.5. The lowest BCUT2D eigenvalue weighted by molar-refractivity contribution is -0.147. The van der Waals surface area contributed by atoms with Gasteiger partial charge in [0.1, 0.15) is 0 Å². The fourth-order valence-corrected chi connectivity index (χ4v) is 4.62. The van der Waals surface area contributed by atoms with E-state index in [9.17, 15) is 19.5 Å². The molecule has 0 spiro atoms. The van der Waals surface area contributed by atoms with Crippen LogP contribution in [-0.4, -0.2) is 44.4 Å². The molecule has 39 heavy (non-hydrogen) atoms. The topological polar surface area (TPSA) is 132 Å². The second-order valence-electron chi connectivity index (χ2n) is 11.1. The SMILES string of the molecule is CCCCCCCCCCCCCCCCCCCCCC(O)C(=O)O.O=C(O)CCCCCCCC(=O)O. The number of aliphatic hydroxyl groups excluding tert-OH is 1. The summed E-state index contributed by atoms with van der Waals surface area (Å²) in [6.45, 7) is 2.28. The summed E-state index contributed by atoms with van der Waals surface area (Å²) in [6.07, 6.45) is 29.1. The zero-order chi connectivity index (χ0) is 29.4. The van der Waals surface area contributed by atoms with Crippen molar-refractivity contribution >= 4 is 17.9 Å². The van der Waals surface area contributed by atoms with Crippen LogP contribution in [0.3, 0.4) is 0 Å². The van der Waals surface area contributed by atoms with Crippen molar-refractivity contribution in [2.75, 3.05) is 0 Å². The van der Waals surface area contributed by atoms with Crippen LogP contribution in [0.1, 0.15) is 180 Å². The molecule has 4 N–H and O–H groups in total. The maximum atomic E-state index is 10.5. The molecule has 0 saturated carbocycles. The summed E-state index contributed by atoms with van der Waals surface area (Å²) in [5, 5.41) is 34.4. The number of hydrogen-bond donors (Lipinski definition) is 4. The summed E-state index contributed by atoms with van der Waals surface area (Å²) < 4.78 is 0. The van der Waals surface area contributed by atoms with E-state index < -0.39 is 24.0 Å². The van der Waals surface area contributed by atoms with Crippen LogP contribution >= 0.6 is 0 Å². The summed E-state index contributed by atoms with van der Waals surface area (Å²) in [5.74, 6) is -2.61. The lowest BCUT2D eigenvalue weighted by Crippen LogP contribution is -2.18. The van der Waals surface area contributed by atoms with Gasteiger partial charge in [-0.15, -0.1) is 0 Å². The smallest absolute Gasteiger partial charge is 0.332 e. The Morgan fingerprint density at radius 3 is 0.949 bits per heavy atom. The molecule has 0 radical (unpaired) electrons. The van der Waals surface area contributed by atoms with Gasteiger partial charge in [-0.1, -0.05) is 148 Å². The Labute approximate surface area is 239 Å². The Kier molecular flexibility index (Phi) is 33.0. The molecule has 0 amide bonds. The van der Waals surface area contributed by atoms with Crippen molar-refractivity contribution in [1.82, 2.24) is 0 Å². The molecule has 0 fully saturated rings. The van der Waals surface area contributed by atoms with Gasteiger partial charge in [-0.3, -0.25) is 9.59 Å². The van der Waals surface area contributed by atoms with Crippen molar-refractivity contribution in [2.24, 2.45) is 0 Å². The first-order chi connectivity index (χ1) is 18.8. The number of carboxylic acids is 3. The van der Waals surface area contributed by atoms with Crippen molar-refractivity contribution in [1.29, 1.82) is 0 Å². The van der Waals surface area contributed by atoms with Crippen molar-refractivity contribution < 1.29 is 34.8 Å². The molecule has 0 bridgehead atoms. The third-order valence-corrected chi connectivity index (χ3v) is 7.15. The lowest BCUT2D eigenvalue weighted by atomic mass is 10.0. The van der Waals surface area contributed by atoms with E-state index >= 15 is 0 Å². The van der Waals surface area contributed by atoms with Gasteiger partial charge in [-0.2, -0.15) is 0 Å². The van der Waals surface area contributed by atoms with E-state index in [1.165, 1.54) is 109 Å². The zero-order valence-corrected chi connectivity index (χ0v) is 25.2. The van der Waals surface area contributed by atoms with E-state index in [1.54, 1.807) is 0 Å². The van der Waals surface area contributed by atoms with Gasteiger partial charge in [0.15, 0.2) is 6.10 Å². The fraction of sp³-hybridized carbons (Fsp3) is 0.906. The van der Waals surface area contributed by atoms with Crippen molar-refractivity contribution in [3.63, 3.8) is 0 Å². The molecule has 0 saturated heterocycles. The highest BCUT2D eigenvalue weighted by Gasteiger charge is 2.11. The average Bonchev–Trinajstić information content (AvgIpc) is 2.89. The lowest BCUT2D eigenvalue weighted by Gasteiger charge is -2.05. The van der Waals surface area contributed by atoms with Gasteiger partial charge >= 0.3 is 17.9 Å². The number of unbranched alkanes of at least 4 members (excludes halogenated alkanes) is 22. The molecule has 1 atom stereocenters. The maximum absolute atomic E-state index is 10.5. The van der Waals surface area contributed by atoms with Crippen LogP contribution in [0.2, 0.25) is 0 Å². The molecule has 0 heterocycles. The van der Waals surface area contributed by atoms with Crippen LogP contribution in [0.5, 0.6) is 0 Å². The van der Waals surface area contributed by atoms with E-state index in [0.29, 0.717) is 19.3 Å². The standard InChI is InChI=1S/C23H46O3.C9H16O4/c1-2-3-4-5-6-7-8-9-10-11-12-13-14-15-16-17-18-19-20-21-22(24)23(25)26;10-8(11)6-4-2-1-3-5-7-9(12)13/h22,24H,2-21H2,1H3,(H,25,26);1-7H2,(H,10,11)(H,12,13). The number of aliphatic hydroxyl groups is 1. The number of carboxylic acid groups (broad SMARTS) is 3. The molecular weight excluding hydrogens is 496 g/mol. The van der Waals surface area contributed by atoms with Gasteiger partial charge in [0.05, 0.1) is 0 Å². The number of rotatable bonds is 29. The van der Waals surface area contributed by atoms with Crippen molar-refractivity contribution in [3.05, 3.63) is 0 Å².